The fourth-order valence-electron chi connectivity index (χ4n) is 4.51. The summed E-state index contributed by atoms with van der Waals surface area (Å²) >= 11 is 0. The van der Waals surface area contributed by atoms with Gasteiger partial charge in [-0.05, 0) is 24.5 Å². The van der Waals surface area contributed by atoms with Crippen LogP contribution >= 0.6 is 0 Å². The van der Waals surface area contributed by atoms with Gasteiger partial charge in [0.15, 0.2) is 0 Å². The normalized spacial score (nSPS) is 27.0. The molecule has 2 atom stereocenters. The minimum atomic E-state index is -3.49. The molecule has 3 fully saturated rings. The summed E-state index contributed by atoms with van der Waals surface area (Å²) in [7, 11) is -3.49. The van der Waals surface area contributed by atoms with Gasteiger partial charge in [-0.1, -0.05) is 43.2 Å². The SMILES string of the molecule is O=C1[C@H]2CCCC[C@@H]2C(=O)N1CN1CCN(S(=O)(=O)/C=C/c2ccccc2)CC1. The Morgan fingerprint density at radius 1 is 0.897 bits per heavy atom. The van der Waals surface area contributed by atoms with Crippen molar-refractivity contribution in [1.29, 1.82) is 0 Å². The molecule has 0 bridgehead atoms. The topological polar surface area (TPSA) is 78.0 Å². The molecule has 0 aromatic heterocycles. The van der Waals surface area contributed by atoms with Crippen LogP contribution in [0.2, 0.25) is 0 Å². The first-order chi connectivity index (χ1) is 14.0. The van der Waals surface area contributed by atoms with E-state index >= 15 is 0 Å². The van der Waals surface area contributed by atoms with E-state index in [1.807, 2.05) is 35.2 Å². The largest absolute Gasteiger partial charge is 0.283 e. The van der Waals surface area contributed by atoms with Crippen molar-refractivity contribution in [2.24, 2.45) is 11.8 Å². The molecule has 156 valence electrons. The smallest absolute Gasteiger partial charge is 0.236 e. The Bertz CT molecular complexity index is 868. The first-order valence-corrected chi connectivity index (χ1v) is 11.8. The number of imide groups is 1. The van der Waals surface area contributed by atoms with E-state index in [4.69, 9.17) is 0 Å². The van der Waals surface area contributed by atoms with Gasteiger partial charge in [-0.25, -0.2) is 8.42 Å². The Morgan fingerprint density at radius 2 is 1.48 bits per heavy atom. The number of sulfonamides is 1. The highest BCUT2D eigenvalue weighted by Gasteiger charge is 2.48. The van der Waals surface area contributed by atoms with Gasteiger partial charge in [0.05, 0.1) is 18.5 Å². The molecule has 2 amide bonds. The van der Waals surface area contributed by atoms with Crippen LogP contribution in [0.4, 0.5) is 0 Å². The fourth-order valence-corrected chi connectivity index (χ4v) is 5.68. The number of hydrogen-bond acceptors (Lipinski definition) is 5. The van der Waals surface area contributed by atoms with Crippen LogP contribution in [0.15, 0.2) is 35.7 Å². The standard InChI is InChI=1S/C21H27N3O4S/c25-20-18-8-4-5-9-19(18)21(26)24(20)16-22-11-13-23(14-12-22)29(27,28)15-10-17-6-2-1-3-7-17/h1-3,6-7,10,15,18-19H,4-5,8-9,11-14,16H2/b15-10+/t18-,19-/m0/s1. The second-order valence-electron chi connectivity index (χ2n) is 8.02. The molecule has 2 heterocycles. The number of likely N-dealkylation sites (tertiary alicyclic amines) is 1. The summed E-state index contributed by atoms with van der Waals surface area (Å²) in [6.45, 7) is 1.99. The zero-order chi connectivity index (χ0) is 20.4. The van der Waals surface area contributed by atoms with E-state index in [9.17, 15) is 18.0 Å². The van der Waals surface area contributed by atoms with Crippen LogP contribution < -0.4 is 0 Å². The van der Waals surface area contributed by atoms with Crippen LogP contribution in [0.25, 0.3) is 6.08 Å². The van der Waals surface area contributed by atoms with Crippen LogP contribution in [0.1, 0.15) is 31.2 Å². The van der Waals surface area contributed by atoms with Gasteiger partial charge in [-0.2, -0.15) is 4.31 Å². The minimum Gasteiger partial charge on any atom is -0.283 e. The molecule has 4 rings (SSSR count). The highest BCUT2D eigenvalue weighted by molar-refractivity contribution is 7.92. The van der Waals surface area contributed by atoms with Crippen molar-refractivity contribution in [3.05, 3.63) is 41.3 Å². The molecule has 0 unspecified atom stereocenters. The first kappa shape index (κ1) is 20.3. The summed E-state index contributed by atoms with van der Waals surface area (Å²) in [6.07, 6.45) is 5.25. The average molecular weight is 418 g/mol. The van der Waals surface area contributed by atoms with Crippen molar-refractivity contribution in [3.8, 4) is 0 Å². The lowest BCUT2D eigenvalue weighted by molar-refractivity contribution is -0.142. The quantitative estimate of drug-likeness (QED) is 0.682. The summed E-state index contributed by atoms with van der Waals surface area (Å²) < 4.78 is 26.6. The van der Waals surface area contributed by atoms with Crippen molar-refractivity contribution in [2.45, 2.75) is 25.7 Å². The molecule has 8 heteroatoms. The van der Waals surface area contributed by atoms with E-state index in [0.717, 1.165) is 31.2 Å². The predicted octanol–water partition coefficient (Wildman–Crippen LogP) is 1.74. The maximum Gasteiger partial charge on any atom is 0.236 e. The third kappa shape index (κ3) is 4.29. The molecular weight excluding hydrogens is 390 g/mol. The van der Waals surface area contributed by atoms with E-state index in [1.54, 1.807) is 6.08 Å². The maximum absolute atomic E-state index is 12.6. The number of fused-ring (bicyclic) bond motifs is 1. The Labute approximate surface area is 172 Å². The Morgan fingerprint density at radius 3 is 2.07 bits per heavy atom. The van der Waals surface area contributed by atoms with Gasteiger partial charge in [0, 0.05) is 31.6 Å². The molecular formula is C21H27N3O4S. The lowest BCUT2D eigenvalue weighted by atomic mass is 9.81. The summed E-state index contributed by atoms with van der Waals surface area (Å²) in [5.41, 5.74) is 0.835. The van der Waals surface area contributed by atoms with Crippen molar-refractivity contribution in [1.82, 2.24) is 14.1 Å². The van der Waals surface area contributed by atoms with E-state index in [1.165, 1.54) is 14.6 Å². The molecule has 29 heavy (non-hydrogen) atoms. The first-order valence-electron chi connectivity index (χ1n) is 10.3. The molecule has 2 aliphatic heterocycles. The van der Waals surface area contributed by atoms with Crippen LogP contribution in [0.5, 0.6) is 0 Å². The average Bonchev–Trinajstić information content (AvgIpc) is 2.99. The monoisotopic (exact) mass is 417 g/mol. The van der Waals surface area contributed by atoms with Crippen LogP contribution in [0.3, 0.4) is 0 Å². The van der Waals surface area contributed by atoms with Gasteiger partial charge >= 0.3 is 0 Å². The Balaban J connectivity index is 1.33. The number of carbonyl (C=O) groups is 2. The van der Waals surface area contributed by atoms with Gasteiger partial charge in [-0.3, -0.25) is 19.4 Å². The molecule has 7 nitrogen and oxygen atoms in total. The third-order valence-electron chi connectivity index (χ3n) is 6.20. The van der Waals surface area contributed by atoms with Gasteiger partial charge in [0.1, 0.15) is 0 Å². The molecule has 0 radical (unpaired) electrons. The zero-order valence-electron chi connectivity index (χ0n) is 16.4. The lowest BCUT2D eigenvalue weighted by Gasteiger charge is -2.35. The summed E-state index contributed by atoms with van der Waals surface area (Å²) in [6, 6.07) is 9.32. The fraction of sp³-hybridized carbons (Fsp3) is 0.524. The van der Waals surface area contributed by atoms with Crippen LogP contribution in [0, 0.1) is 11.8 Å². The second kappa shape index (κ2) is 8.38. The highest BCUT2D eigenvalue weighted by atomic mass is 32.2. The molecule has 1 saturated carbocycles. The third-order valence-corrected chi connectivity index (χ3v) is 7.76. The molecule has 2 saturated heterocycles. The summed E-state index contributed by atoms with van der Waals surface area (Å²) in [5.74, 6) is -0.358. The van der Waals surface area contributed by atoms with E-state index < -0.39 is 10.0 Å². The van der Waals surface area contributed by atoms with E-state index in [0.29, 0.717) is 26.2 Å². The van der Waals surface area contributed by atoms with Crippen molar-refractivity contribution < 1.29 is 18.0 Å². The summed E-state index contributed by atoms with van der Waals surface area (Å²) in [4.78, 5) is 28.7. The number of hydrogen-bond donors (Lipinski definition) is 0. The highest BCUT2D eigenvalue weighted by Crippen LogP contribution is 2.38. The zero-order valence-corrected chi connectivity index (χ0v) is 17.3. The number of piperazine rings is 1. The molecule has 1 aromatic rings. The molecule has 3 aliphatic rings. The summed E-state index contributed by atoms with van der Waals surface area (Å²) in [5, 5.41) is 1.25. The number of rotatable bonds is 5. The number of amides is 2. The van der Waals surface area contributed by atoms with Crippen LogP contribution in [-0.4, -0.2) is 67.2 Å². The van der Waals surface area contributed by atoms with Gasteiger partial charge in [0.2, 0.25) is 21.8 Å². The van der Waals surface area contributed by atoms with Crippen molar-refractivity contribution >= 4 is 27.9 Å². The predicted molar refractivity (Wildman–Crippen MR) is 110 cm³/mol. The van der Waals surface area contributed by atoms with Crippen LogP contribution in [-0.2, 0) is 19.6 Å². The van der Waals surface area contributed by atoms with Gasteiger partial charge in [-0.15, -0.1) is 0 Å². The molecule has 0 spiro atoms. The number of nitrogens with zero attached hydrogens (tertiary/aromatic N) is 3. The molecule has 0 N–H and O–H groups in total. The Kier molecular flexibility index (Phi) is 5.85. The van der Waals surface area contributed by atoms with Crippen molar-refractivity contribution in [2.75, 3.05) is 32.8 Å². The Hall–Kier alpha value is -2.03. The number of benzene rings is 1. The van der Waals surface area contributed by atoms with E-state index in [2.05, 4.69) is 0 Å². The van der Waals surface area contributed by atoms with Crippen molar-refractivity contribution in [3.63, 3.8) is 0 Å². The lowest BCUT2D eigenvalue weighted by Crippen LogP contribution is -2.52. The van der Waals surface area contributed by atoms with E-state index in [-0.39, 0.29) is 30.3 Å². The van der Waals surface area contributed by atoms with Gasteiger partial charge in [0.25, 0.3) is 0 Å². The number of carbonyl (C=O) groups excluding carboxylic acids is 2. The minimum absolute atomic E-state index is 0.0412. The van der Waals surface area contributed by atoms with Gasteiger partial charge < -0.3 is 0 Å². The molecule has 1 aliphatic carbocycles. The molecule has 1 aromatic carbocycles. The second-order valence-corrected chi connectivity index (χ2v) is 9.84. The maximum atomic E-state index is 12.6.